The Morgan fingerprint density at radius 1 is 1.17 bits per heavy atom. The Labute approximate surface area is 173 Å². The fourth-order valence-corrected chi connectivity index (χ4v) is 4.68. The first-order valence-electron chi connectivity index (χ1n) is 10.0. The number of nitrogens with one attached hydrogen (secondary N) is 1. The summed E-state index contributed by atoms with van der Waals surface area (Å²) in [5.74, 6) is 0.996. The van der Waals surface area contributed by atoms with Crippen molar-refractivity contribution in [1.82, 2.24) is 15.1 Å². The number of rotatable bonds is 4. The zero-order chi connectivity index (χ0) is 21.0. The highest BCUT2D eigenvalue weighted by Gasteiger charge is 2.53. The zero-order valence-electron chi connectivity index (χ0n) is 17.0. The number of amides is 3. The number of furan rings is 1. The van der Waals surface area contributed by atoms with Gasteiger partial charge < -0.3 is 19.0 Å². The number of carbonyl (C=O) groups is 3. The number of nitrogens with zero attached hydrogens (tertiary/aromatic N) is 2. The van der Waals surface area contributed by atoms with Gasteiger partial charge in [0.05, 0.1) is 13.5 Å². The molecular formula is C22H23N3O5. The molecule has 0 radical (unpaired) electrons. The molecule has 3 aliphatic heterocycles. The van der Waals surface area contributed by atoms with E-state index in [1.54, 1.807) is 18.1 Å². The van der Waals surface area contributed by atoms with E-state index in [0.29, 0.717) is 23.6 Å². The average molecular weight is 409 g/mol. The summed E-state index contributed by atoms with van der Waals surface area (Å²) in [6.07, 6.45) is 0.725. The molecule has 0 spiro atoms. The molecule has 1 aromatic heterocycles. The number of hydrogen-bond donors (Lipinski definition) is 1. The van der Waals surface area contributed by atoms with E-state index < -0.39 is 11.3 Å². The number of methoxy groups -OCH3 is 1. The van der Waals surface area contributed by atoms with Gasteiger partial charge in [-0.1, -0.05) is 6.07 Å². The molecule has 1 fully saturated rings. The summed E-state index contributed by atoms with van der Waals surface area (Å²) in [6.45, 7) is 2.07. The first-order chi connectivity index (χ1) is 14.4. The number of hydrogen-bond acceptors (Lipinski definition) is 6. The molecule has 0 bridgehead atoms. The maximum atomic E-state index is 13.1. The van der Waals surface area contributed by atoms with Crippen LogP contribution < -0.4 is 10.1 Å². The molecule has 0 aliphatic carbocycles. The first kappa shape index (κ1) is 18.9. The van der Waals surface area contributed by atoms with Crippen LogP contribution in [0.4, 0.5) is 0 Å². The molecule has 156 valence electrons. The van der Waals surface area contributed by atoms with Gasteiger partial charge in [0.15, 0.2) is 0 Å². The van der Waals surface area contributed by atoms with Crippen LogP contribution in [-0.4, -0.2) is 54.8 Å². The van der Waals surface area contributed by atoms with Gasteiger partial charge in [0, 0.05) is 43.7 Å². The molecule has 1 saturated heterocycles. The molecule has 0 unspecified atom stereocenters. The van der Waals surface area contributed by atoms with Crippen LogP contribution in [0.5, 0.6) is 5.75 Å². The van der Waals surface area contributed by atoms with Crippen molar-refractivity contribution in [3.63, 3.8) is 0 Å². The van der Waals surface area contributed by atoms with Crippen molar-refractivity contribution in [2.75, 3.05) is 27.2 Å². The smallest absolute Gasteiger partial charge is 0.254 e. The Morgan fingerprint density at radius 2 is 2.00 bits per heavy atom. The van der Waals surface area contributed by atoms with Gasteiger partial charge in [-0.05, 0) is 30.8 Å². The first-order valence-corrected chi connectivity index (χ1v) is 10.0. The average Bonchev–Trinajstić information content (AvgIpc) is 3.36. The summed E-state index contributed by atoms with van der Waals surface area (Å²) >= 11 is 0. The minimum absolute atomic E-state index is 0.0302. The van der Waals surface area contributed by atoms with E-state index in [2.05, 4.69) is 10.2 Å². The quantitative estimate of drug-likeness (QED) is 0.764. The van der Waals surface area contributed by atoms with Crippen LogP contribution in [0.2, 0.25) is 0 Å². The summed E-state index contributed by atoms with van der Waals surface area (Å²) in [4.78, 5) is 42.1. The fourth-order valence-electron chi connectivity index (χ4n) is 4.68. The second-order valence-corrected chi connectivity index (χ2v) is 8.37. The lowest BCUT2D eigenvalue weighted by Gasteiger charge is -2.28. The van der Waals surface area contributed by atoms with Crippen molar-refractivity contribution in [1.29, 1.82) is 0 Å². The summed E-state index contributed by atoms with van der Waals surface area (Å²) in [7, 11) is 3.59. The number of fused-ring (bicyclic) bond motifs is 2. The SMILES string of the molecule is COc1ccc2c(c1)C(=O)N(C[C@@]1(c3cc4c(o3)CCN(C)C4)CC(=O)NC1=O)C2. The van der Waals surface area contributed by atoms with E-state index in [-0.39, 0.29) is 24.8 Å². The summed E-state index contributed by atoms with van der Waals surface area (Å²) in [5, 5.41) is 2.42. The highest BCUT2D eigenvalue weighted by Crippen LogP contribution is 2.39. The maximum absolute atomic E-state index is 13.1. The van der Waals surface area contributed by atoms with Crippen molar-refractivity contribution in [2.45, 2.75) is 31.3 Å². The standard InChI is InChI=1S/C22H23N3O5/c1-24-6-5-17-14(10-24)7-18(30-17)22(9-19(26)23-21(22)28)12-25-11-13-3-4-15(29-2)8-16(13)20(25)27/h3-4,7-8H,5-6,9-12H2,1-2H3,(H,23,26,28)/t22-/m1/s1. The highest BCUT2D eigenvalue weighted by atomic mass is 16.5. The van der Waals surface area contributed by atoms with Gasteiger partial charge in [-0.3, -0.25) is 19.7 Å². The molecule has 1 aromatic carbocycles. The number of likely N-dealkylation sites (N-methyl/N-ethyl adjacent to an activating group) is 1. The summed E-state index contributed by atoms with van der Waals surface area (Å²) < 4.78 is 11.4. The van der Waals surface area contributed by atoms with Crippen LogP contribution in [0, 0.1) is 0 Å². The topological polar surface area (TPSA) is 92.1 Å². The van der Waals surface area contributed by atoms with E-state index in [0.717, 1.165) is 36.4 Å². The van der Waals surface area contributed by atoms with Crippen LogP contribution >= 0.6 is 0 Å². The lowest BCUT2D eigenvalue weighted by Crippen LogP contribution is -2.46. The van der Waals surface area contributed by atoms with Crippen LogP contribution in [0.15, 0.2) is 28.7 Å². The molecule has 4 heterocycles. The monoisotopic (exact) mass is 409 g/mol. The molecule has 5 rings (SSSR count). The van der Waals surface area contributed by atoms with Crippen LogP contribution in [-0.2, 0) is 34.5 Å². The third kappa shape index (κ3) is 2.82. The molecule has 30 heavy (non-hydrogen) atoms. The van der Waals surface area contributed by atoms with E-state index in [1.807, 2.05) is 25.2 Å². The number of carbonyl (C=O) groups excluding carboxylic acids is 3. The molecule has 3 aliphatic rings. The van der Waals surface area contributed by atoms with Crippen molar-refractivity contribution in [2.24, 2.45) is 0 Å². The number of benzene rings is 1. The molecular weight excluding hydrogens is 386 g/mol. The molecule has 3 amide bonds. The predicted molar refractivity (Wildman–Crippen MR) is 106 cm³/mol. The minimum Gasteiger partial charge on any atom is -0.497 e. The molecule has 1 N–H and O–H groups in total. The number of ether oxygens (including phenoxy) is 1. The molecule has 0 saturated carbocycles. The van der Waals surface area contributed by atoms with Crippen LogP contribution in [0.3, 0.4) is 0 Å². The Hall–Kier alpha value is -3.13. The van der Waals surface area contributed by atoms with Crippen molar-refractivity contribution < 1.29 is 23.5 Å². The summed E-state index contributed by atoms with van der Waals surface area (Å²) in [5.41, 5.74) is 1.26. The Kier molecular flexibility index (Phi) is 4.21. The van der Waals surface area contributed by atoms with Gasteiger partial charge in [0.2, 0.25) is 11.8 Å². The Balaban J connectivity index is 1.50. The Bertz CT molecular complexity index is 1070. The summed E-state index contributed by atoms with van der Waals surface area (Å²) in [6, 6.07) is 7.28. The van der Waals surface area contributed by atoms with Gasteiger partial charge in [0.1, 0.15) is 22.7 Å². The Morgan fingerprint density at radius 3 is 2.73 bits per heavy atom. The van der Waals surface area contributed by atoms with E-state index in [9.17, 15) is 14.4 Å². The van der Waals surface area contributed by atoms with E-state index >= 15 is 0 Å². The second-order valence-electron chi connectivity index (χ2n) is 8.37. The molecule has 2 aromatic rings. The predicted octanol–water partition coefficient (Wildman–Crippen LogP) is 1.22. The van der Waals surface area contributed by atoms with Crippen LogP contribution in [0.1, 0.15) is 39.4 Å². The fraction of sp³-hybridized carbons (Fsp3) is 0.409. The van der Waals surface area contributed by atoms with Crippen molar-refractivity contribution in [3.8, 4) is 5.75 Å². The van der Waals surface area contributed by atoms with Crippen molar-refractivity contribution in [3.05, 3.63) is 52.5 Å². The van der Waals surface area contributed by atoms with Gasteiger partial charge in [-0.2, -0.15) is 0 Å². The number of imide groups is 1. The minimum atomic E-state index is -1.21. The molecule has 8 heteroatoms. The van der Waals surface area contributed by atoms with Gasteiger partial charge in [0.25, 0.3) is 5.91 Å². The highest BCUT2D eigenvalue weighted by molar-refractivity contribution is 6.09. The largest absolute Gasteiger partial charge is 0.497 e. The third-order valence-electron chi connectivity index (χ3n) is 6.34. The molecule has 8 nitrogen and oxygen atoms in total. The lowest BCUT2D eigenvalue weighted by atomic mass is 9.82. The third-order valence-corrected chi connectivity index (χ3v) is 6.34. The second kappa shape index (κ2) is 6.70. The lowest BCUT2D eigenvalue weighted by molar-refractivity contribution is -0.127. The van der Waals surface area contributed by atoms with Crippen molar-refractivity contribution >= 4 is 17.7 Å². The maximum Gasteiger partial charge on any atom is 0.254 e. The van der Waals surface area contributed by atoms with E-state index in [4.69, 9.17) is 9.15 Å². The zero-order valence-corrected chi connectivity index (χ0v) is 17.0. The molecule has 1 atom stereocenters. The van der Waals surface area contributed by atoms with Gasteiger partial charge >= 0.3 is 0 Å². The van der Waals surface area contributed by atoms with Gasteiger partial charge in [-0.25, -0.2) is 0 Å². The van der Waals surface area contributed by atoms with Gasteiger partial charge in [-0.15, -0.1) is 0 Å². The van der Waals surface area contributed by atoms with E-state index in [1.165, 1.54) is 0 Å². The van der Waals surface area contributed by atoms with Crippen LogP contribution in [0.25, 0.3) is 0 Å². The normalized spacial score (nSPS) is 23.5.